The number of amides is 1. The van der Waals surface area contributed by atoms with E-state index >= 15 is 0 Å². The van der Waals surface area contributed by atoms with Gasteiger partial charge in [-0.05, 0) is 24.3 Å². The highest BCUT2D eigenvalue weighted by Gasteiger charge is 2.21. The molecule has 4 rings (SSSR count). The average molecular weight is 367 g/mol. The van der Waals surface area contributed by atoms with Gasteiger partial charge in [0.1, 0.15) is 11.5 Å². The van der Waals surface area contributed by atoms with E-state index in [4.69, 9.17) is 0 Å². The number of hydrogen-bond acceptors (Lipinski definition) is 4. The highest BCUT2D eigenvalue weighted by molar-refractivity contribution is 7.99. The van der Waals surface area contributed by atoms with E-state index in [-0.39, 0.29) is 11.7 Å². The van der Waals surface area contributed by atoms with Crippen LogP contribution in [0.1, 0.15) is 10.5 Å². The zero-order valence-corrected chi connectivity index (χ0v) is 14.9. The molecule has 0 bridgehead atoms. The van der Waals surface area contributed by atoms with E-state index in [2.05, 4.69) is 10.3 Å². The minimum atomic E-state index is -0.339. The number of thioether (sulfide) groups is 1. The Labute approximate surface area is 155 Å². The first kappa shape index (κ1) is 16.8. The summed E-state index contributed by atoms with van der Waals surface area (Å²) < 4.78 is 14.1. The molecule has 0 atom stereocenters. The summed E-state index contributed by atoms with van der Waals surface area (Å²) in [6.07, 6.45) is 0. The lowest BCUT2D eigenvalue weighted by Gasteiger charge is -2.26. The van der Waals surface area contributed by atoms with Gasteiger partial charge in [0.15, 0.2) is 0 Å². The van der Waals surface area contributed by atoms with Crippen LogP contribution in [-0.2, 0) is 0 Å². The Balaban J connectivity index is 1.76. The summed E-state index contributed by atoms with van der Waals surface area (Å²) >= 11 is 1.85. The molecule has 3 aromatic rings. The van der Waals surface area contributed by atoms with Crippen molar-refractivity contribution in [1.29, 1.82) is 0 Å². The number of carbonyl (C=O) groups excluding carboxylic acids is 1. The van der Waals surface area contributed by atoms with Gasteiger partial charge in [0.25, 0.3) is 5.91 Å². The van der Waals surface area contributed by atoms with Crippen LogP contribution in [0, 0.1) is 5.82 Å². The second-order valence-corrected chi connectivity index (χ2v) is 7.31. The van der Waals surface area contributed by atoms with Crippen molar-refractivity contribution < 1.29 is 9.18 Å². The van der Waals surface area contributed by atoms with Gasteiger partial charge in [-0.3, -0.25) is 4.79 Å². The Bertz CT molecular complexity index is 957. The third kappa shape index (κ3) is 3.37. The van der Waals surface area contributed by atoms with Crippen molar-refractivity contribution in [2.75, 3.05) is 29.9 Å². The first-order valence-corrected chi connectivity index (χ1v) is 9.66. The highest BCUT2D eigenvalue weighted by Crippen LogP contribution is 2.28. The van der Waals surface area contributed by atoms with Gasteiger partial charge in [0.2, 0.25) is 0 Å². The van der Waals surface area contributed by atoms with Crippen LogP contribution in [0.15, 0.2) is 54.6 Å². The molecule has 1 amide bonds. The molecule has 4 nitrogen and oxygen atoms in total. The van der Waals surface area contributed by atoms with Gasteiger partial charge in [0.05, 0.1) is 16.9 Å². The van der Waals surface area contributed by atoms with Gasteiger partial charge in [0, 0.05) is 30.0 Å². The maximum Gasteiger partial charge on any atom is 0.272 e. The van der Waals surface area contributed by atoms with E-state index in [9.17, 15) is 9.18 Å². The molecule has 1 aliphatic rings. The molecule has 1 N–H and O–H groups in total. The van der Waals surface area contributed by atoms with E-state index < -0.39 is 0 Å². The van der Waals surface area contributed by atoms with Crippen molar-refractivity contribution in [1.82, 2.24) is 9.88 Å². The molecule has 1 aromatic heterocycles. The minimum absolute atomic E-state index is 0.0763. The van der Waals surface area contributed by atoms with Crippen molar-refractivity contribution >= 4 is 39.9 Å². The molecule has 132 valence electrons. The summed E-state index contributed by atoms with van der Waals surface area (Å²) in [5.74, 6) is 1.47. The molecule has 0 radical (unpaired) electrons. The van der Waals surface area contributed by atoms with Crippen LogP contribution in [0.25, 0.3) is 10.9 Å². The van der Waals surface area contributed by atoms with Gasteiger partial charge in [-0.25, -0.2) is 9.37 Å². The summed E-state index contributed by atoms with van der Waals surface area (Å²) in [5.41, 5.74) is 2.14. The summed E-state index contributed by atoms with van der Waals surface area (Å²) in [4.78, 5) is 19.2. The molecule has 0 unspecified atom stereocenters. The van der Waals surface area contributed by atoms with Crippen LogP contribution in [0.3, 0.4) is 0 Å². The van der Waals surface area contributed by atoms with Gasteiger partial charge < -0.3 is 10.2 Å². The van der Waals surface area contributed by atoms with Crippen LogP contribution in [0.5, 0.6) is 0 Å². The van der Waals surface area contributed by atoms with Crippen molar-refractivity contribution in [3.05, 3.63) is 66.1 Å². The molecule has 0 spiro atoms. The molecular formula is C20H18FN3OS. The Hall–Kier alpha value is -2.60. The number of aromatic nitrogens is 1. The van der Waals surface area contributed by atoms with Crippen molar-refractivity contribution in [3.63, 3.8) is 0 Å². The van der Waals surface area contributed by atoms with Crippen molar-refractivity contribution in [3.8, 4) is 0 Å². The molecule has 1 fully saturated rings. The summed E-state index contributed by atoms with van der Waals surface area (Å²) in [5, 5.41) is 3.97. The quantitative estimate of drug-likeness (QED) is 0.749. The number of rotatable bonds is 3. The lowest BCUT2D eigenvalue weighted by atomic mass is 10.1. The largest absolute Gasteiger partial charge is 0.353 e. The Morgan fingerprint density at radius 2 is 1.77 bits per heavy atom. The Kier molecular flexibility index (Phi) is 4.75. The topological polar surface area (TPSA) is 45.2 Å². The lowest BCUT2D eigenvalue weighted by Crippen LogP contribution is -2.38. The number of benzene rings is 2. The molecule has 2 heterocycles. The first-order valence-electron chi connectivity index (χ1n) is 8.51. The molecule has 2 aromatic carbocycles. The second kappa shape index (κ2) is 7.33. The monoisotopic (exact) mass is 367 g/mol. The predicted octanol–water partition coefficient (Wildman–Crippen LogP) is 4.31. The van der Waals surface area contributed by atoms with Crippen LogP contribution in [0.4, 0.5) is 15.8 Å². The number of nitrogens with one attached hydrogen (secondary N) is 1. The maximum atomic E-state index is 14.1. The number of carbonyl (C=O) groups is 1. The maximum absolute atomic E-state index is 14.1. The van der Waals surface area contributed by atoms with E-state index in [0.717, 1.165) is 30.0 Å². The first-order chi connectivity index (χ1) is 12.7. The third-order valence-corrected chi connectivity index (χ3v) is 5.32. The van der Waals surface area contributed by atoms with Crippen LogP contribution in [-0.4, -0.2) is 40.4 Å². The van der Waals surface area contributed by atoms with Crippen molar-refractivity contribution in [2.45, 2.75) is 0 Å². The number of pyridine rings is 1. The minimum Gasteiger partial charge on any atom is -0.353 e. The van der Waals surface area contributed by atoms with Gasteiger partial charge in [-0.1, -0.05) is 30.3 Å². The number of hydrogen-bond donors (Lipinski definition) is 1. The zero-order valence-electron chi connectivity index (χ0n) is 14.1. The zero-order chi connectivity index (χ0) is 17.9. The smallest absolute Gasteiger partial charge is 0.272 e. The standard InChI is InChI=1S/C20H18FN3OS/c21-15-6-2-4-8-17(15)23-18-13-19(20(25)24-9-11-26-12-10-24)22-16-7-3-1-5-14(16)18/h1-8,13H,9-12H2,(H,22,23). The summed E-state index contributed by atoms with van der Waals surface area (Å²) in [7, 11) is 0. The van der Waals surface area contributed by atoms with E-state index in [1.807, 2.05) is 40.9 Å². The van der Waals surface area contributed by atoms with Gasteiger partial charge in [-0.15, -0.1) is 0 Å². The van der Waals surface area contributed by atoms with Crippen molar-refractivity contribution in [2.24, 2.45) is 0 Å². The average Bonchev–Trinajstić information content (AvgIpc) is 2.69. The number of anilines is 2. The summed E-state index contributed by atoms with van der Waals surface area (Å²) in [6, 6.07) is 15.8. The lowest BCUT2D eigenvalue weighted by molar-refractivity contribution is 0.0767. The Morgan fingerprint density at radius 1 is 1.04 bits per heavy atom. The number of para-hydroxylation sites is 2. The highest BCUT2D eigenvalue weighted by atomic mass is 32.2. The SMILES string of the molecule is O=C(c1cc(Nc2ccccc2F)c2ccccc2n1)N1CCSCC1. The third-order valence-electron chi connectivity index (χ3n) is 4.38. The van der Waals surface area contributed by atoms with E-state index in [0.29, 0.717) is 22.6 Å². The molecular weight excluding hydrogens is 349 g/mol. The molecule has 6 heteroatoms. The van der Waals surface area contributed by atoms with Gasteiger partial charge in [-0.2, -0.15) is 11.8 Å². The van der Waals surface area contributed by atoms with E-state index in [1.54, 1.807) is 24.3 Å². The Morgan fingerprint density at radius 3 is 2.58 bits per heavy atom. The molecule has 1 saturated heterocycles. The van der Waals surface area contributed by atoms with Gasteiger partial charge >= 0.3 is 0 Å². The van der Waals surface area contributed by atoms with Crippen LogP contribution in [0.2, 0.25) is 0 Å². The number of halogens is 1. The normalized spacial score (nSPS) is 14.4. The number of nitrogens with zero attached hydrogens (tertiary/aromatic N) is 2. The molecule has 0 aliphatic carbocycles. The summed E-state index contributed by atoms with van der Waals surface area (Å²) in [6.45, 7) is 1.46. The molecule has 1 aliphatic heterocycles. The fourth-order valence-corrected chi connectivity index (χ4v) is 3.93. The fraction of sp³-hybridized carbons (Fsp3) is 0.200. The molecule has 0 saturated carbocycles. The fourth-order valence-electron chi connectivity index (χ4n) is 3.02. The van der Waals surface area contributed by atoms with Crippen LogP contribution >= 0.6 is 11.8 Å². The molecule has 26 heavy (non-hydrogen) atoms. The number of fused-ring (bicyclic) bond motifs is 1. The second-order valence-electron chi connectivity index (χ2n) is 6.08. The predicted molar refractivity (Wildman–Crippen MR) is 105 cm³/mol. The van der Waals surface area contributed by atoms with Crippen LogP contribution < -0.4 is 5.32 Å². The van der Waals surface area contributed by atoms with E-state index in [1.165, 1.54) is 6.07 Å².